The van der Waals surface area contributed by atoms with Crippen LogP contribution in [0.15, 0.2) is 30.3 Å². The first-order chi connectivity index (χ1) is 4.30. The number of carbonyl (C=O) groups excluding carboxylic acids is 1. The van der Waals surface area contributed by atoms with Crippen LogP contribution in [0.4, 0.5) is 0 Å². The summed E-state index contributed by atoms with van der Waals surface area (Å²) in [7, 11) is 0. The van der Waals surface area contributed by atoms with Gasteiger partial charge in [0.2, 0.25) is 5.12 Å². The van der Waals surface area contributed by atoms with Crippen molar-refractivity contribution in [3.8, 4) is 0 Å². The van der Waals surface area contributed by atoms with Gasteiger partial charge in [-0.25, -0.2) is 0 Å². The molecular formula is C7H6OPbS. The monoisotopic (exact) mass is 346 g/mol. The molecule has 0 fully saturated rings. The van der Waals surface area contributed by atoms with Crippen molar-refractivity contribution in [2.75, 3.05) is 0 Å². The summed E-state index contributed by atoms with van der Waals surface area (Å²) in [6.07, 6.45) is 0. The SMILES string of the molecule is O=C(S)c1ccccc1.[Pb]. The minimum absolute atomic E-state index is 0. The van der Waals surface area contributed by atoms with Gasteiger partial charge in [0.1, 0.15) is 0 Å². The van der Waals surface area contributed by atoms with Crippen LogP contribution in [0.5, 0.6) is 0 Å². The van der Waals surface area contributed by atoms with Crippen molar-refractivity contribution >= 4 is 45.0 Å². The van der Waals surface area contributed by atoms with Gasteiger partial charge in [-0.15, -0.1) is 12.6 Å². The number of thiol groups is 1. The molecule has 0 bridgehead atoms. The Hall–Kier alpha value is 0.162. The number of carbonyl (C=O) groups is 1. The van der Waals surface area contributed by atoms with Crippen LogP contribution in [0.1, 0.15) is 10.4 Å². The van der Waals surface area contributed by atoms with E-state index in [1.807, 2.05) is 18.2 Å². The predicted molar refractivity (Wildman–Crippen MR) is 45.5 cm³/mol. The average Bonchev–Trinajstić information content (AvgIpc) is 1.90. The van der Waals surface area contributed by atoms with E-state index in [9.17, 15) is 4.79 Å². The van der Waals surface area contributed by atoms with Crippen LogP contribution < -0.4 is 0 Å². The standard InChI is InChI=1S/C7H6OS.Pb/c8-7(9)6-4-2-1-3-5-6;/h1-5H,(H,8,9);. The van der Waals surface area contributed by atoms with Crippen molar-refractivity contribution in [2.24, 2.45) is 0 Å². The zero-order chi connectivity index (χ0) is 6.69. The summed E-state index contributed by atoms with van der Waals surface area (Å²) in [4.78, 5) is 10.5. The van der Waals surface area contributed by atoms with Gasteiger partial charge in [-0.3, -0.25) is 4.79 Å². The number of benzene rings is 1. The molecule has 0 saturated carbocycles. The second-order valence-electron chi connectivity index (χ2n) is 1.67. The Morgan fingerprint density at radius 2 is 1.70 bits per heavy atom. The van der Waals surface area contributed by atoms with Crippen LogP contribution in [0.3, 0.4) is 0 Å². The summed E-state index contributed by atoms with van der Waals surface area (Å²) in [5, 5.41) is -0.185. The molecule has 0 aromatic heterocycles. The summed E-state index contributed by atoms with van der Waals surface area (Å²) in [5.41, 5.74) is 0.640. The van der Waals surface area contributed by atoms with E-state index in [1.165, 1.54) is 0 Å². The molecule has 0 heterocycles. The Bertz CT molecular complexity index is 210. The molecule has 0 amide bonds. The number of hydrogen-bond acceptors (Lipinski definition) is 1. The zero-order valence-electron chi connectivity index (χ0n) is 5.24. The molecule has 0 aliphatic carbocycles. The minimum Gasteiger partial charge on any atom is -0.282 e. The summed E-state index contributed by atoms with van der Waals surface area (Å²) < 4.78 is 0. The van der Waals surface area contributed by atoms with Gasteiger partial charge in [0, 0.05) is 32.9 Å². The smallest absolute Gasteiger partial charge is 0.216 e. The molecule has 1 rings (SSSR count). The molecule has 0 unspecified atom stereocenters. The van der Waals surface area contributed by atoms with Crippen LogP contribution in [0, 0.1) is 0 Å². The van der Waals surface area contributed by atoms with E-state index in [-0.39, 0.29) is 32.4 Å². The van der Waals surface area contributed by atoms with Crippen molar-refractivity contribution in [1.29, 1.82) is 0 Å². The maximum Gasteiger partial charge on any atom is 0.216 e. The molecule has 0 N–H and O–H groups in total. The summed E-state index contributed by atoms with van der Waals surface area (Å²) >= 11 is 3.65. The molecule has 3 heteroatoms. The molecular weight excluding hydrogens is 339 g/mol. The molecule has 0 spiro atoms. The molecule has 0 saturated heterocycles. The fourth-order valence-corrected chi connectivity index (χ4v) is 0.730. The van der Waals surface area contributed by atoms with E-state index < -0.39 is 0 Å². The topological polar surface area (TPSA) is 17.1 Å². The molecule has 0 aliphatic rings. The first kappa shape index (κ1) is 10.2. The summed E-state index contributed by atoms with van der Waals surface area (Å²) in [6, 6.07) is 8.94. The summed E-state index contributed by atoms with van der Waals surface area (Å²) in [6.45, 7) is 0. The Morgan fingerprint density at radius 1 is 1.20 bits per heavy atom. The van der Waals surface area contributed by atoms with E-state index in [4.69, 9.17) is 0 Å². The minimum atomic E-state index is -0.185. The van der Waals surface area contributed by atoms with Gasteiger partial charge in [-0.2, -0.15) is 0 Å². The Morgan fingerprint density at radius 3 is 2.00 bits per heavy atom. The van der Waals surface area contributed by atoms with Gasteiger partial charge in [-0.05, 0) is 0 Å². The van der Waals surface area contributed by atoms with Crippen LogP contribution in [0.2, 0.25) is 0 Å². The molecule has 0 atom stereocenters. The second kappa shape index (κ2) is 4.90. The third-order valence-corrected chi connectivity index (χ3v) is 1.28. The van der Waals surface area contributed by atoms with Gasteiger partial charge in [0.05, 0.1) is 0 Å². The van der Waals surface area contributed by atoms with Gasteiger partial charge in [-0.1, -0.05) is 30.3 Å². The van der Waals surface area contributed by atoms with E-state index in [0.717, 1.165) is 0 Å². The van der Waals surface area contributed by atoms with Crippen molar-refractivity contribution in [2.45, 2.75) is 0 Å². The van der Waals surface area contributed by atoms with Crippen molar-refractivity contribution in [3.63, 3.8) is 0 Å². The fourth-order valence-electron chi connectivity index (χ4n) is 0.581. The molecule has 0 aliphatic heterocycles. The fraction of sp³-hybridized carbons (Fsp3) is 0. The third-order valence-electron chi connectivity index (χ3n) is 1.02. The summed E-state index contributed by atoms with van der Waals surface area (Å²) in [5.74, 6) is 0. The van der Waals surface area contributed by atoms with Gasteiger partial charge in [0.15, 0.2) is 0 Å². The van der Waals surface area contributed by atoms with Crippen LogP contribution in [-0.2, 0) is 0 Å². The second-order valence-corrected chi connectivity index (χ2v) is 2.08. The number of rotatable bonds is 1. The Labute approximate surface area is 85.4 Å². The zero-order valence-corrected chi connectivity index (χ0v) is 10.0. The maximum atomic E-state index is 10.5. The predicted octanol–water partition coefficient (Wildman–Crippen LogP) is 1.38. The molecule has 10 heavy (non-hydrogen) atoms. The number of hydrogen-bond donors (Lipinski definition) is 1. The first-order valence-electron chi connectivity index (χ1n) is 2.59. The quantitative estimate of drug-likeness (QED) is 0.601. The van der Waals surface area contributed by atoms with E-state index in [1.54, 1.807) is 12.1 Å². The third kappa shape index (κ3) is 2.83. The Balaban J connectivity index is 0.000000810. The van der Waals surface area contributed by atoms with E-state index >= 15 is 0 Å². The normalized spacial score (nSPS) is 8.10. The van der Waals surface area contributed by atoms with E-state index in [0.29, 0.717) is 5.56 Å². The van der Waals surface area contributed by atoms with E-state index in [2.05, 4.69) is 12.6 Å². The van der Waals surface area contributed by atoms with Crippen LogP contribution >= 0.6 is 12.6 Å². The van der Waals surface area contributed by atoms with Gasteiger partial charge < -0.3 is 0 Å². The van der Waals surface area contributed by atoms with Crippen molar-refractivity contribution in [1.82, 2.24) is 0 Å². The van der Waals surface area contributed by atoms with Gasteiger partial charge in [0.25, 0.3) is 0 Å². The Kier molecular flexibility index (Phi) is 4.98. The molecule has 4 radical (unpaired) electrons. The molecule has 1 nitrogen and oxygen atoms in total. The first-order valence-corrected chi connectivity index (χ1v) is 3.04. The van der Waals surface area contributed by atoms with Gasteiger partial charge >= 0.3 is 0 Å². The van der Waals surface area contributed by atoms with Crippen LogP contribution in [-0.4, -0.2) is 32.4 Å². The largest absolute Gasteiger partial charge is 0.282 e. The van der Waals surface area contributed by atoms with Crippen molar-refractivity contribution in [3.05, 3.63) is 35.9 Å². The molecule has 1 aromatic rings. The molecule has 50 valence electrons. The van der Waals surface area contributed by atoms with Crippen LogP contribution in [0.25, 0.3) is 0 Å². The molecule has 1 aromatic carbocycles. The maximum absolute atomic E-state index is 10.5. The average molecular weight is 345 g/mol. The van der Waals surface area contributed by atoms with Crippen molar-refractivity contribution < 1.29 is 4.79 Å².